The number of rotatable bonds is 17. The van der Waals surface area contributed by atoms with E-state index in [4.69, 9.17) is 15.3 Å². The first kappa shape index (κ1) is 40.0. The van der Waals surface area contributed by atoms with Crippen LogP contribution in [-0.4, -0.2) is 33.2 Å². The van der Waals surface area contributed by atoms with Crippen LogP contribution in [0.3, 0.4) is 0 Å². The zero-order valence-electron chi connectivity index (χ0n) is 22.2. The molecule has 0 unspecified atom stereocenters. The molecule has 196 valence electrons. The molecule has 0 bridgehead atoms. The second-order valence-electron chi connectivity index (χ2n) is 9.81. The summed E-state index contributed by atoms with van der Waals surface area (Å²) in [6.45, 7) is 13.1. The Morgan fingerprint density at radius 3 is 0.879 bits per heavy atom. The minimum Gasteiger partial charge on any atom is -0.481 e. The van der Waals surface area contributed by atoms with Crippen LogP contribution >= 0.6 is 0 Å². The van der Waals surface area contributed by atoms with E-state index in [0.717, 1.165) is 56.8 Å². The molecule has 0 amide bonds. The Bertz CT molecular complexity index is 422. The van der Waals surface area contributed by atoms with Crippen LogP contribution in [0.1, 0.15) is 131 Å². The molecule has 0 aliphatic rings. The molecule has 0 aromatic carbocycles. The Balaban J connectivity index is -0.000000189. The van der Waals surface area contributed by atoms with Gasteiger partial charge in [-0.1, -0.05) is 92.9 Å². The molecule has 6 nitrogen and oxygen atoms in total. The van der Waals surface area contributed by atoms with Crippen LogP contribution in [0.5, 0.6) is 0 Å². The van der Waals surface area contributed by atoms with E-state index in [1.165, 1.54) is 25.7 Å². The maximum Gasteiger partial charge on any atom is 0.303 e. The van der Waals surface area contributed by atoms with Crippen molar-refractivity contribution in [1.29, 1.82) is 0 Å². The van der Waals surface area contributed by atoms with E-state index in [0.29, 0.717) is 25.2 Å². The predicted molar refractivity (Wildman–Crippen MR) is 132 cm³/mol. The third-order valence-corrected chi connectivity index (χ3v) is 4.77. The monoisotopic (exact) mass is 600 g/mol. The van der Waals surface area contributed by atoms with Crippen LogP contribution in [-0.2, 0) is 14.4 Å². The van der Waals surface area contributed by atoms with Crippen molar-refractivity contribution in [2.45, 2.75) is 131 Å². The molecule has 0 atom stereocenters. The SMILES string of the molecule is CC(C)CCCCC(=O)O.CC(C)CCCCCC(=O)O.CC(C)CCCCCC(=O)O.[Ce]. The van der Waals surface area contributed by atoms with Gasteiger partial charge in [0.2, 0.25) is 0 Å². The van der Waals surface area contributed by atoms with Crippen LogP contribution in [0.15, 0.2) is 0 Å². The van der Waals surface area contributed by atoms with Gasteiger partial charge < -0.3 is 15.3 Å². The normalized spacial score (nSPS) is 10.1. The molecule has 0 saturated heterocycles. The maximum atomic E-state index is 10.1. The van der Waals surface area contributed by atoms with Gasteiger partial charge in [-0.3, -0.25) is 14.4 Å². The van der Waals surface area contributed by atoms with Gasteiger partial charge >= 0.3 is 17.9 Å². The summed E-state index contributed by atoms with van der Waals surface area (Å²) < 4.78 is 0. The minimum atomic E-state index is -0.677. The Morgan fingerprint density at radius 2 is 0.667 bits per heavy atom. The number of carbonyl (C=O) groups is 3. The van der Waals surface area contributed by atoms with Crippen molar-refractivity contribution < 1.29 is 71.5 Å². The van der Waals surface area contributed by atoms with E-state index < -0.39 is 17.9 Å². The summed E-state index contributed by atoms with van der Waals surface area (Å²) in [5.74, 6) is 0.182. The third-order valence-electron chi connectivity index (χ3n) is 4.77. The Hall–Kier alpha value is -0.213. The summed E-state index contributed by atoms with van der Waals surface area (Å²) >= 11 is 0. The molecule has 0 fully saturated rings. The van der Waals surface area contributed by atoms with Gasteiger partial charge in [0.1, 0.15) is 0 Å². The number of carboxylic acids is 3. The van der Waals surface area contributed by atoms with Crippen LogP contribution in [0, 0.1) is 59.5 Å². The van der Waals surface area contributed by atoms with Gasteiger partial charge in [0.15, 0.2) is 0 Å². The van der Waals surface area contributed by atoms with Crippen molar-refractivity contribution in [3.8, 4) is 0 Å². The molecular formula is C26H52CeO6. The number of carboxylic acid groups (broad SMARTS) is 3. The maximum absolute atomic E-state index is 10.1. The zero-order valence-corrected chi connectivity index (χ0v) is 25.3. The van der Waals surface area contributed by atoms with E-state index in [1.807, 2.05) is 0 Å². The average Bonchev–Trinajstić information content (AvgIpc) is 2.64. The molecule has 0 aromatic heterocycles. The number of hydrogen-bond acceptors (Lipinski definition) is 3. The first-order valence-electron chi connectivity index (χ1n) is 12.5. The molecule has 0 aromatic rings. The fourth-order valence-electron chi connectivity index (χ4n) is 2.84. The van der Waals surface area contributed by atoms with Crippen molar-refractivity contribution >= 4 is 17.9 Å². The first-order valence-corrected chi connectivity index (χ1v) is 12.5. The predicted octanol–water partition coefficient (Wildman–Crippen LogP) is 7.64. The minimum absolute atomic E-state index is 0. The summed E-state index contributed by atoms with van der Waals surface area (Å²) in [6.07, 6.45) is 12.6. The van der Waals surface area contributed by atoms with Crippen LogP contribution in [0.4, 0.5) is 0 Å². The number of hydrogen-bond donors (Lipinski definition) is 3. The van der Waals surface area contributed by atoms with Crippen molar-refractivity contribution in [3.63, 3.8) is 0 Å². The number of aliphatic carboxylic acids is 3. The van der Waals surface area contributed by atoms with E-state index in [2.05, 4.69) is 41.5 Å². The van der Waals surface area contributed by atoms with E-state index in [-0.39, 0.29) is 41.7 Å². The molecule has 0 rings (SSSR count). The fraction of sp³-hybridized carbons (Fsp3) is 0.885. The van der Waals surface area contributed by atoms with Gasteiger partial charge in [0.25, 0.3) is 0 Å². The van der Waals surface area contributed by atoms with Crippen LogP contribution in [0.25, 0.3) is 0 Å². The largest absolute Gasteiger partial charge is 0.481 e. The second-order valence-corrected chi connectivity index (χ2v) is 9.81. The van der Waals surface area contributed by atoms with Gasteiger partial charge in [0, 0.05) is 61.0 Å². The summed E-state index contributed by atoms with van der Waals surface area (Å²) in [5, 5.41) is 24.9. The molecule has 0 saturated carbocycles. The van der Waals surface area contributed by atoms with Crippen LogP contribution in [0.2, 0.25) is 0 Å². The summed E-state index contributed by atoms with van der Waals surface area (Å²) in [6, 6.07) is 0. The van der Waals surface area contributed by atoms with Crippen molar-refractivity contribution in [2.75, 3.05) is 0 Å². The first-order chi connectivity index (χ1) is 14.9. The summed E-state index contributed by atoms with van der Waals surface area (Å²) in [5.41, 5.74) is 0. The van der Waals surface area contributed by atoms with Crippen molar-refractivity contribution in [2.24, 2.45) is 17.8 Å². The Morgan fingerprint density at radius 1 is 0.455 bits per heavy atom. The standard InChI is InChI=1S/2C9H18O2.C8H16O2.Ce/c2*1-8(2)6-4-3-5-7-9(10)11;1-7(2)5-3-4-6-8(9)10;/h2*8H,3-7H2,1-2H3,(H,10,11);7H,3-6H2,1-2H3,(H,9,10);. The molecule has 0 spiro atoms. The summed E-state index contributed by atoms with van der Waals surface area (Å²) in [4.78, 5) is 30.2. The quantitative estimate of drug-likeness (QED) is 0.148. The fourth-order valence-corrected chi connectivity index (χ4v) is 2.84. The molecule has 3 N–H and O–H groups in total. The smallest absolute Gasteiger partial charge is 0.303 e. The summed E-state index contributed by atoms with van der Waals surface area (Å²) in [7, 11) is 0. The zero-order chi connectivity index (χ0) is 25.4. The molecular weight excluding hydrogens is 548 g/mol. The van der Waals surface area contributed by atoms with Gasteiger partial charge in [-0.25, -0.2) is 0 Å². The third kappa shape index (κ3) is 54.3. The Labute approximate surface area is 237 Å². The molecule has 0 aliphatic carbocycles. The molecule has 0 aliphatic heterocycles. The second kappa shape index (κ2) is 29.8. The van der Waals surface area contributed by atoms with Gasteiger partial charge in [-0.2, -0.15) is 0 Å². The topological polar surface area (TPSA) is 112 Å². The molecule has 0 radical (unpaired) electrons. The van der Waals surface area contributed by atoms with E-state index in [9.17, 15) is 14.4 Å². The van der Waals surface area contributed by atoms with Crippen molar-refractivity contribution in [3.05, 3.63) is 0 Å². The average molecular weight is 601 g/mol. The van der Waals surface area contributed by atoms with Crippen molar-refractivity contribution in [1.82, 2.24) is 0 Å². The van der Waals surface area contributed by atoms with E-state index >= 15 is 0 Å². The Kier molecular flexibility index (Phi) is 36.1. The molecule has 33 heavy (non-hydrogen) atoms. The van der Waals surface area contributed by atoms with Gasteiger partial charge in [-0.05, 0) is 37.0 Å². The van der Waals surface area contributed by atoms with Gasteiger partial charge in [0.05, 0.1) is 0 Å². The molecule has 7 heteroatoms. The van der Waals surface area contributed by atoms with E-state index in [1.54, 1.807) is 0 Å². The van der Waals surface area contributed by atoms with Crippen LogP contribution < -0.4 is 0 Å². The number of unbranched alkanes of at least 4 members (excludes halogenated alkanes) is 5. The molecule has 0 heterocycles. The van der Waals surface area contributed by atoms with Gasteiger partial charge in [-0.15, -0.1) is 0 Å².